The van der Waals surface area contributed by atoms with E-state index in [1.54, 1.807) is 6.92 Å². The second kappa shape index (κ2) is 5.07. The van der Waals surface area contributed by atoms with Gasteiger partial charge in [0.2, 0.25) is 0 Å². The largest absolute Gasteiger partial charge is 0.471 e. The summed E-state index contributed by atoms with van der Waals surface area (Å²) in [4.78, 5) is 22.2. The van der Waals surface area contributed by atoms with Crippen molar-refractivity contribution in [3.05, 3.63) is 11.3 Å². The smallest absolute Gasteiger partial charge is 0.462 e. The van der Waals surface area contributed by atoms with Crippen LogP contribution in [0.15, 0.2) is 0 Å². The van der Waals surface area contributed by atoms with Crippen LogP contribution in [-0.2, 0) is 9.53 Å². The van der Waals surface area contributed by atoms with E-state index < -0.39 is 23.9 Å². The van der Waals surface area contributed by atoms with Gasteiger partial charge in [0.15, 0.2) is 5.82 Å². The van der Waals surface area contributed by atoms with Gasteiger partial charge in [-0.3, -0.25) is 9.89 Å². The van der Waals surface area contributed by atoms with E-state index in [1.165, 1.54) is 12.2 Å². The molecule has 0 saturated heterocycles. The Kier molecular flexibility index (Phi) is 3.94. The van der Waals surface area contributed by atoms with Gasteiger partial charge < -0.3 is 10.1 Å². The molecule has 0 aromatic carbocycles. The fraction of sp³-hybridized carbons (Fsp3) is 0.444. The first-order valence-electron chi connectivity index (χ1n) is 4.87. The van der Waals surface area contributed by atoms with Gasteiger partial charge in [0.05, 0.1) is 6.61 Å². The number of H-pyrrole nitrogens is 1. The Labute approximate surface area is 99.5 Å². The Bertz CT molecular complexity index is 467. The highest BCUT2D eigenvalue weighted by atomic mass is 19.4. The first-order chi connectivity index (χ1) is 8.27. The number of anilines is 1. The summed E-state index contributed by atoms with van der Waals surface area (Å²) in [7, 11) is 0. The van der Waals surface area contributed by atoms with Crippen LogP contribution in [0.25, 0.3) is 0 Å². The van der Waals surface area contributed by atoms with E-state index in [0.29, 0.717) is 0 Å². The van der Waals surface area contributed by atoms with Crippen molar-refractivity contribution < 1.29 is 27.5 Å². The summed E-state index contributed by atoms with van der Waals surface area (Å²) in [5.41, 5.74) is -0.0274. The number of halogens is 3. The van der Waals surface area contributed by atoms with Gasteiger partial charge in [-0.2, -0.15) is 18.3 Å². The van der Waals surface area contributed by atoms with Crippen molar-refractivity contribution in [2.24, 2.45) is 0 Å². The Hall–Kier alpha value is -2.06. The highest BCUT2D eigenvalue weighted by Gasteiger charge is 2.40. The molecule has 0 unspecified atom stereocenters. The lowest BCUT2D eigenvalue weighted by atomic mass is 10.2. The SMILES string of the molecule is CCOC(=O)c1c(NC(=O)C(F)(F)F)n[nH]c1C. The number of carbonyl (C=O) groups excluding carboxylic acids is 2. The summed E-state index contributed by atoms with van der Waals surface area (Å²) in [6.07, 6.45) is -5.06. The molecule has 0 aliphatic heterocycles. The predicted octanol–water partition coefficient (Wildman–Crippen LogP) is 1.40. The highest BCUT2D eigenvalue weighted by molar-refractivity contribution is 6.02. The zero-order chi connectivity index (χ0) is 13.9. The monoisotopic (exact) mass is 265 g/mol. The van der Waals surface area contributed by atoms with Gasteiger partial charge in [0.25, 0.3) is 0 Å². The second-order valence-electron chi connectivity index (χ2n) is 3.24. The molecule has 0 aliphatic rings. The van der Waals surface area contributed by atoms with E-state index in [2.05, 4.69) is 14.9 Å². The quantitative estimate of drug-likeness (QED) is 0.809. The van der Waals surface area contributed by atoms with Crippen molar-refractivity contribution in [1.29, 1.82) is 0 Å². The Morgan fingerprint density at radius 1 is 1.44 bits per heavy atom. The minimum Gasteiger partial charge on any atom is -0.462 e. The lowest BCUT2D eigenvalue weighted by Gasteiger charge is -2.07. The molecule has 1 aromatic heterocycles. The third-order valence-corrected chi connectivity index (χ3v) is 1.92. The minimum absolute atomic E-state index is 0.0517. The van der Waals surface area contributed by atoms with Crippen LogP contribution in [0.4, 0.5) is 19.0 Å². The van der Waals surface area contributed by atoms with Gasteiger partial charge in [-0.15, -0.1) is 0 Å². The fourth-order valence-corrected chi connectivity index (χ4v) is 1.15. The summed E-state index contributed by atoms with van der Waals surface area (Å²) in [5.74, 6) is -3.57. The number of carbonyl (C=O) groups is 2. The van der Waals surface area contributed by atoms with Gasteiger partial charge in [-0.1, -0.05) is 0 Å². The zero-order valence-electron chi connectivity index (χ0n) is 9.51. The zero-order valence-corrected chi connectivity index (χ0v) is 9.51. The molecule has 1 aromatic rings. The van der Waals surface area contributed by atoms with E-state index in [9.17, 15) is 22.8 Å². The Morgan fingerprint density at radius 3 is 2.56 bits per heavy atom. The van der Waals surface area contributed by atoms with Gasteiger partial charge in [-0.25, -0.2) is 4.79 Å². The van der Waals surface area contributed by atoms with Crippen molar-refractivity contribution in [3.63, 3.8) is 0 Å². The number of amides is 1. The molecular formula is C9H10F3N3O3. The number of esters is 1. The summed E-state index contributed by atoms with van der Waals surface area (Å²) >= 11 is 0. The van der Waals surface area contributed by atoms with Crippen LogP contribution in [0.1, 0.15) is 23.0 Å². The van der Waals surface area contributed by atoms with E-state index in [4.69, 9.17) is 0 Å². The van der Waals surface area contributed by atoms with E-state index in [-0.39, 0.29) is 17.9 Å². The normalized spacial score (nSPS) is 11.2. The summed E-state index contributed by atoms with van der Waals surface area (Å²) in [6, 6.07) is 0. The first-order valence-corrected chi connectivity index (χ1v) is 4.87. The van der Waals surface area contributed by atoms with Gasteiger partial charge in [0, 0.05) is 5.69 Å². The Balaban J connectivity index is 2.98. The van der Waals surface area contributed by atoms with Crippen LogP contribution in [0.3, 0.4) is 0 Å². The van der Waals surface area contributed by atoms with Crippen LogP contribution >= 0.6 is 0 Å². The molecule has 0 atom stereocenters. The van der Waals surface area contributed by atoms with Crippen molar-refractivity contribution in [2.75, 3.05) is 11.9 Å². The van der Waals surface area contributed by atoms with Gasteiger partial charge in [-0.05, 0) is 13.8 Å². The average molecular weight is 265 g/mol. The number of nitrogens with one attached hydrogen (secondary N) is 2. The number of nitrogens with zero attached hydrogens (tertiary/aromatic N) is 1. The molecule has 18 heavy (non-hydrogen) atoms. The molecule has 0 radical (unpaired) electrons. The second-order valence-corrected chi connectivity index (χ2v) is 3.24. The van der Waals surface area contributed by atoms with Crippen molar-refractivity contribution in [1.82, 2.24) is 10.2 Å². The maximum atomic E-state index is 12.1. The first kappa shape index (κ1) is 14.0. The molecule has 9 heteroatoms. The number of aromatic nitrogens is 2. The van der Waals surface area contributed by atoms with Crippen LogP contribution in [0, 0.1) is 6.92 Å². The van der Waals surface area contributed by atoms with Crippen molar-refractivity contribution >= 4 is 17.7 Å². The summed E-state index contributed by atoms with van der Waals surface area (Å²) < 4.78 is 40.8. The standard InChI is InChI=1S/C9H10F3N3O3/c1-3-18-7(16)5-4(2)14-15-6(5)13-8(17)9(10,11)12/h3H2,1-2H3,(H2,13,14,15,17). The number of hydrogen-bond donors (Lipinski definition) is 2. The molecular weight excluding hydrogens is 255 g/mol. The maximum Gasteiger partial charge on any atom is 0.471 e. The fourth-order valence-electron chi connectivity index (χ4n) is 1.15. The number of rotatable bonds is 3. The molecule has 2 N–H and O–H groups in total. The van der Waals surface area contributed by atoms with Crippen LogP contribution in [0.5, 0.6) is 0 Å². The highest BCUT2D eigenvalue weighted by Crippen LogP contribution is 2.21. The maximum absolute atomic E-state index is 12.1. The number of aromatic amines is 1. The number of hydrogen-bond acceptors (Lipinski definition) is 4. The average Bonchev–Trinajstić information content (AvgIpc) is 2.58. The predicted molar refractivity (Wildman–Crippen MR) is 54.0 cm³/mol. The van der Waals surface area contributed by atoms with E-state index in [0.717, 1.165) is 0 Å². The topological polar surface area (TPSA) is 84.1 Å². The summed E-state index contributed by atoms with van der Waals surface area (Å²) in [5, 5.41) is 7.22. The van der Waals surface area contributed by atoms with Gasteiger partial charge in [0.1, 0.15) is 5.56 Å². The van der Waals surface area contributed by atoms with Crippen LogP contribution in [-0.4, -0.2) is 34.9 Å². The third-order valence-electron chi connectivity index (χ3n) is 1.92. The molecule has 0 fully saturated rings. The lowest BCUT2D eigenvalue weighted by molar-refractivity contribution is -0.167. The Morgan fingerprint density at radius 2 is 2.06 bits per heavy atom. The van der Waals surface area contributed by atoms with Crippen molar-refractivity contribution in [3.8, 4) is 0 Å². The molecule has 1 amide bonds. The number of alkyl halides is 3. The molecule has 1 heterocycles. The molecule has 1 rings (SSSR count). The van der Waals surface area contributed by atoms with Crippen LogP contribution in [0.2, 0.25) is 0 Å². The number of ether oxygens (including phenoxy) is 1. The van der Waals surface area contributed by atoms with Crippen LogP contribution < -0.4 is 5.32 Å². The lowest BCUT2D eigenvalue weighted by Crippen LogP contribution is -2.30. The molecule has 6 nitrogen and oxygen atoms in total. The van der Waals surface area contributed by atoms with Gasteiger partial charge >= 0.3 is 18.1 Å². The molecule has 0 aliphatic carbocycles. The van der Waals surface area contributed by atoms with E-state index >= 15 is 0 Å². The molecule has 0 bridgehead atoms. The molecule has 0 spiro atoms. The van der Waals surface area contributed by atoms with Crippen molar-refractivity contribution in [2.45, 2.75) is 20.0 Å². The third kappa shape index (κ3) is 2.99. The van der Waals surface area contributed by atoms with E-state index in [1.807, 2.05) is 0 Å². The minimum atomic E-state index is -5.06. The molecule has 0 saturated carbocycles. The number of aryl methyl sites for hydroxylation is 1. The molecule has 100 valence electrons. The summed E-state index contributed by atoms with van der Waals surface area (Å²) in [6.45, 7) is 3.01.